The van der Waals surface area contributed by atoms with Gasteiger partial charge in [0.1, 0.15) is 11.1 Å². The first kappa shape index (κ1) is 9.62. The number of hydrogen-bond donors (Lipinski definition) is 1. The molecule has 0 spiro atoms. The fourth-order valence-electron chi connectivity index (χ4n) is 0.804. The van der Waals surface area contributed by atoms with Crippen molar-refractivity contribution in [1.29, 1.82) is 5.26 Å². The molecule has 2 N–H and O–H groups in total. The molecule has 66 valence electrons. The Bertz CT molecular complexity index is 354. The molecule has 0 aromatic carbocycles. The van der Waals surface area contributed by atoms with E-state index in [-0.39, 0.29) is 0 Å². The van der Waals surface area contributed by atoms with Gasteiger partial charge in [0.15, 0.2) is 0 Å². The van der Waals surface area contributed by atoms with Crippen LogP contribution in [0.15, 0.2) is 29.9 Å². The van der Waals surface area contributed by atoms with Crippen molar-refractivity contribution in [2.24, 2.45) is 0 Å². The third kappa shape index (κ3) is 2.23. The van der Waals surface area contributed by atoms with Crippen LogP contribution in [0, 0.1) is 11.3 Å². The molecule has 0 fully saturated rings. The van der Waals surface area contributed by atoms with E-state index in [0.717, 1.165) is 5.75 Å². The molecule has 0 unspecified atom stereocenters. The number of anilines is 1. The number of nitrogens with two attached hydrogens (primary N) is 1. The van der Waals surface area contributed by atoms with Gasteiger partial charge in [-0.25, -0.2) is 4.98 Å². The van der Waals surface area contributed by atoms with Crippen LogP contribution >= 0.6 is 11.8 Å². The van der Waals surface area contributed by atoms with E-state index in [0.29, 0.717) is 16.3 Å². The van der Waals surface area contributed by atoms with Crippen molar-refractivity contribution in [3.05, 3.63) is 30.5 Å². The summed E-state index contributed by atoms with van der Waals surface area (Å²) in [5.74, 6) is 0.742. The molecular formula is C9H9N3S. The second-order valence-corrected chi connectivity index (χ2v) is 3.30. The maximum atomic E-state index is 8.68. The highest BCUT2D eigenvalue weighted by atomic mass is 32.2. The van der Waals surface area contributed by atoms with E-state index >= 15 is 0 Å². The summed E-state index contributed by atoms with van der Waals surface area (Å²) in [5, 5.41) is 9.37. The number of nitriles is 1. The van der Waals surface area contributed by atoms with Crippen LogP contribution in [-0.4, -0.2) is 10.7 Å². The summed E-state index contributed by atoms with van der Waals surface area (Å²) in [5.41, 5.74) is 6.62. The lowest BCUT2D eigenvalue weighted by atomic mass is 10.2. The first-order valence-corrected chi connectivity index (χ1v) is 4.66. The average molecular weight is 191 g/mol. The van der Waals surface area contributed by atoms with Crippen LogP contribution in [0.2, 0.25) is 0 Å². The standard InChI is InChI=1S/C9H9N3S/c1-2-5-13-9-8(11)7(6-10)3-4-12-9/h2-4H,1,5,11H2. The van der Waals surface area contributed by atoms with E-state index in [2.05, 4.69) is 11.6 Å². The van der Waals surface area contributed by atoms with Gasteiger partial charge in [-0.15, -0.1) is 18.3 Å². The Kier molecular flexibility index (Phi) is 3.35. The van der Waals surface area contributed by atoms with Gasteiger partial charge in [0.2, 0.25) is 0 Å². The van der Waals surface area contributed by atoms with Crippen molar-refractivity contribution in [2.45, 2.75) is 5.03 Å². The molecule has 0 aliphatic carbocycles. The zero-order valence-corrected chi connectivity index (χ0v) is 7.84. The van der Waals surface area contributed by atoms with Gasteiger partial charge < -0.3 is 5.73 Å². The van der Waals surface area contributed by atoms with Crippen molar-refractivity contribution in [3.63, 3.8) is 0 Å². The second-order valence-electron chi connectivity index (χ2n) is 2.29. The molecule has 13 heavy (non-hydrogen) atoms. The van der Waals surface area contributed by atoms with Gasteiger partial charge in [-0.1, -0.05) is 6.08 Å². The lowest BCUT2D eigenvalue weighted by Gasteiger charge is -2.02. The fraction of sp³-hybridized carbons (Fsp3) is 0.111. The molecule has 0 bridgehead atoms. The predicted molar refractivity (Wildman–Crippen MR) is 54.3 cm³/mol. The molecule has 1 rings (SSSR count). The van der Waals surface area contributed by atoms with Crippen molar-refractivity contribution in [3.8, 4) is 6.07 Å². The molecule has 0 aliphatic rings. The van der Waals surface area contributed by atoms with Crippen LogP contribution in [0.25, 0.3) is 0 Å². The minimum Gasteiger partial charge on any atom is -0.395 e. The average Bonchev–Trinajstić information content (AvgIpc) is 2.16. The minimum atomic E-state index is 0.455. The molecule has 0 saturated heterocycles. The SMILES string of the molecule is C=CCSc1nccc(C#N)c1N. The van der Waals surface area contributed by atoms with Crippen LogP contribution < -0.4 is 5.73 Å². The quantitative estimate of drug-likeness (QED) is 0.584. The largest absolute Gasteiger partial charge is 0.395 e. The zero-order valence-electron chi connectivity index (χ0n) is 7.03. The maximum absolute atomic E-state index is 8.68. The smallest absolute Gasteiger partial charge is 0.121 e. The van der Waals surface area contributed by atoms with Gasteiger partial charge in [-0.05, 0) is 6.07 Å². The molecule has 1 heterocycles. The molecule has 0 radical (unpaired) electrons. The second kappa shape index (κ2) is 4.53. The summed E-state index contributed by atoms with van der Waals surface area (Å²) in [6.07, 6.45) is 3.35. The molecule has 0 saturated carbocycles. The molecule has 0 atom stereocenters. The molecule has 4 heteroatoms. The Morgan fingerprint density at radius 1 is 1.77 bits per heavy atom. The highest BCUT2D eigenvalue weighted by molar-refractivity contribution is 7.99. The predicted octanol–water partition coefficient (Wildman–Crippen LogP) is 1.81. The normalized spacial score (nSPS) is 9.15. The first-order valence-electron chi connectivity index (χ1n) is 3.68. The Hall–Kier alpha value is -1.47. The van der Waals surface area contributed by atoms with E-state index in [1.165, 1.54) is 11.8 Å². The summed E-state index contributed by atoms with van der Waals surface area (Å²) >= 11 is 1.47. The van der Waals surface area contributed by atoms with Crippen molar-refractivity contribution < 1.29 is 0 Å². The summed E-state index contributed by atoms with van der Waals surface area (Å²) in [6, 6.07) is 3.61. The van der Waals surface area contributed by atoms with E-state index in [9.17, 15) is 0 Å². The Labute approximate surface area is 81.3 Å². The summed E-state index contributed by atoms with van der Waals surface area (Å²) in [6.45, 7) is 3.59. The van der Waals surface area contributed by atoms with Gasteiger partial charge in [0.25, 0.3) is 0 Å². The van der Waals surface area contributed by atoms with Crippen LogP contribution in [-0.2, 0) is 0 Å². The number of nitrogens with zero attached hydrogens (tertiary/aromatic N) is 2. The highest BCUT2D eigenvalue weighted by Gasteiger charge is 2.04. The minimum absolute atomic E-state index is 0.455. The summed E-state index contributed by atoms with van der Waals surface area (Å²) < 4.78 is 0. The van der Waals surface area contributed by atoms with Crippen LogP contribution in [0.1, 0.15) is 5.56 Å². The molecule has 1 aromatic heterocycles. The zero-order chi connectivity index (χ0) is 9.68. The lowest BCUT2D eigenvalue weighted by Crippen LogP contribution is -1.95. The van der Waals surface area contributed by atoms with Crippen molar-refractivity contribution >= 4 is 17.4 Å². The summed E-state index contributed by atoms with van der Waals surface area (Å²) in [4.78, 5) is 4.06. The fourth-order valence-corrected chi connectivity index (χ4v) is 1.48. The molecule has 0 aliphatic heterocycles. The van der Waals surface area contributed by atoms with Gasteiger partial charge >= 0.3 is 0 Å². The van der Waals surface area contributed by atoms with E-state index < -0.39 is 0 Å². The lowest BCUT2D eigenvalue weighted by molar-refractivity contribution is 1.14. The van der Waals surface area contributed by atoms with Crippen molar-refractivity contribution in [1.82, 2.24) is 4.98 Å². The monoisotopic (exact) mass is 191 g/mol. The third-order valence-corrected chi connectivity index (χ3v) is 2.41. The molecular weight excluding hydrogens is 182 g/mol. The van der Waals surface area contributed by atoms with Gasteiger partial charge in [0, 0.05) is 11.9 Å². The topological polar surface area (TPSA) is 62.7 Å². The van der Waals surface area contributed by atoms with Crippen LogP contribution in [0.5, 0.6) is 0 Å². The molecule has 3 nitrogen and oxygen atoms in total. The van der Waals surface area contributed by atoms with Gasteiger partial charge in [-0.3, -0.25) is 0 Å². The number of thioether (sulfide) groups is 1. The van der Waals surface area contributed by atoms with Gasteiger partial charge in [0.05, 0.1) is 11.3 Å². The van der Waals surface area contributed by atoms with E-state index in [4.69, 9.17) is 11.0 Å². The maximum Gasteiger partial charge on any atom is 0.121 e. The van der Waals surface area contributed by atoms with Crippen LogP contribution in [0.3, 0.4) is 0 Å². The summed E-state index contributed by atoms with van der Waals surface area (Å²) in [7, 11) is 0. The third-order valence-electron chi connectivity index (χ3n) is 1.41. The Morgan fingerprint density at radius 3 is 3.15 bits per heavy atom. The number of hydrogen-bond acceptors (Lipinski definition) is 4. The number of aromatic nitrogens is 1. The first-order chi connectivity index (χ1) is 6.29. The van der Waals surface area contributed by atoms with Crippen molar-refractivity contribution in [2.75, 3.05) is 11.5 Å². The highest BCUT2D eigenvalue weighted by Crippen LogP contribution is 2.24. The number of pyridine rings is 1. The van der Waals surface area contributed by atoms with E-state index in [1.54, 1.807) is 18.3 Å². The van der Waals surface area contributed by atoms with Gasteiger partial charge in [-0.2, -0.15) is 5.26 Å². The number of rotatable bonds is 3. The van der Waals surface area contributed by atoms with E-state index in [1.807, 2.05) is 6.07 Å². The molecule has 1 aromatic rings. The number of nitrogen functional groups attached to an aromatic ring is 1. The van der Waals surface area contributed by atoms with Crippen LogP contribution in [0.4, 0.5) is 5.69 Å². The molecule has 0 amide bonds. The Morgan fingerprint density at radius 2 is 2.54 bits per heavy atom. The Balaban J connectivity index is 2.95.